The molecule has 0 unspecified atom stereocenters. The van der Waals surface area contributed by atoms with Crippen LogP contribution in [0.1, 0.15) is 24.8 Å². The van der Waals surface area contributed by atoms with E-state index in [1.54, 1.807) is 17.0 Å². The molecule has 1 atom stereocenters. The fourth-order valence-corrected chi connectivity index (χ4v) is 2.55. The van der Waals surface area contributed by atoms with Crippen molar-refractivity contribution in [3.8, 4) is 0 Å². The largest absolute Gasteiger partial charge is 0.480 e. The van der Waals surface area contributed by atoms with Crippen molar-refractivity contribution in [1.82, 2.24) is 10.2 Å². The summed E-state index contributed by atoms with van der Waals surface area (Å²) in [6.07, 6.45) is 2.95. The Labute approximate surface area is 140 Å². The number of carbonyl (C=O) groups excluding carboxylic acids is 1. The maximum Gasteiger partial charge on any atom is 0.328 e. The van der Waals surface area contributed by atoms with Crippen LogP contribution in [0.4, 0.5) is 4.79 Å². The average Bonchev–Trinajstić information content (AvgIpc) is 2.46. The number of hydrogen-bond donors (Lipinski definition) is 2. The fraction of sp³-hybridized carbons (Fsp3) is 0.500. The van der Waals surface area contributed by atoms with Crippen molar-refractivity contribution >= 4 is 23.6 Å². The molecular weight excluding hydrogens is 320 g/mol. The highest BCUT2D eigenvalue weighted by Crippen LogP contribution is 2.26. The molecule has 2 amide bonds. The molecule has 0 spiro atoms. The molecule has 1 aliphatic rings. The van der Waals surface area contributed by atoms with Gasteiger partial charge in [0.2, 0.25) is 0 Å². The van der Waals surface area contributed by atoms with Crippen molar-refractivity contribution in [2.24, 2.45) is 0 Å². The van der Waals surface area contributed by atoms with E-state index < -0.39 is 12.0 Å². The zero-order valence-corrected chi connectivity index (χ0v) is 13.8. The van der Waals surface area contributed by atoms with E-state index in [2.05, 4.69) is 5.32 Å². The molecule has 126 valence electrons. The molecule has 23 heavy (non-hydrogen) atoms. The second-order valence-corrected chi connectivity index (χ2v) is 6.07. The first-order valence-corrected chi connectivity index (χ1v) is 7.92. The Balaban J connectivity index is 2.06. The first-order chi connectivity index (χ1) is 11.0. The number of aliphatic carboxylic acids is 1. The van der Waals surface area contributed by atoms with Crippen LogP contribution in [0, 0.1) is 0 Å². The van der Waals surface area contributed by atoms with Gasteiger partial charge in [0, 0.05) is 24.7 Å². The van der Waals surface area contributed by atoms with Crippen molar-refractivity contribution < 1.29 is 19.4 Å². The molecule has 2 N–H and O–H groups in total. The lowest BCUT2D eigenvalue weighted by molar-refractivity contribution is -0.140. The van der Waals surface area contributed by atoms with E-state index in [4.69, 9.17) is 21.4 Å². The van der Waals surface area contributed by atoms with Gasteiger partial charge in [-0.1, -0.05) is 23.7 Å². The van der Waals surface area contributed by atoms with Gasteiger partial charge in [-0.05, 0) is 37.0 Å². The van der Waals surface area contributed by atoms with Crippen LogP contribution in [-0.4, -0.2) is 47.8 Å². The SMILES string of the molecule is COC[C@@H](NC(=O)N(Cc1ccc(Cl)cc1)C1CCC1)C(=O)O. The number of methoxy groups -OCH3 is 1. The summed E-state index contributed by atoms with van der Waals surface area (Å²) in [4.78, 5) is 25.4. The predicted molar refractivity (Wildman–Crippen MR) is 86.5 cm³/mol. The Kier molecular flexibility index (Phi) is 6.24. The molecule has 2 rings (SSSR count). The lowest BCUT2D eigenvalue weighted by Crippen LogP contribution is -2.53. The van der Waals surface area contributed by atoms with Gasteiger partial charge in [0.25, 0.3) is 0 Å². The van der Waals surface area contributed by atoms with Crippen LogP contribution in [0.3, 0.4) is 0 Å². The number of benzene rings is 1. The van der Waals surface area contributed by atoms with Crippen molar-refractivity contribution in [3.63, 3.8) is 0 Å². The van der Waals surface area contributed by atoms with E-state index in [1.807, 2.05) is 12.1 Å². The van der Waals surface area contributed by atoms with Crippen molar-refractivity contribution in [2.45, 2.75) is 37.9 Å². The Morgan fingerprint density at radius 1 is 1.39 bits per heavy atom. The van der Waals surface area contributed by atoms with Crippen LogP contribution >= 0.6 is 11.6 Å². The van der Waals surface area contributed by atoms with E-state index >= 15 is 0 Å². The standard InChI is InChI=1S/C16H21ClN2O4/c1-23-10-14(15(20)21)18-16(22)19(13-3-2-4-13)9-11-5-7-12(17)8-6-11/h5-8,13-14H,2-4,9-10H2,1H3,(H,18,22)(H,20,21)/t14-/m1/s1. The molecule has 7 heteroatoms. The number of rotatable bonds is 7. The molecule has 0 aromatic heterocycles. The van der Waals surface area contributed by atoms with Gasteiger partial charge in [-0.15, -0.1) is 0 Å². The Hall–Kier alpha value is -1.79. The van der Waals surface area contributed by atoms with Gasteiger partial charge in [-0.25, -0.2) is 9.59 Å². The molecule has 0 radical (unpaired) electrons. The third kappa shape index (κ3) is 4.84. The van der Waals surface area contributed by atoms with Gasteiger partial charge >= 0.3 is 12.0 Å². The van der Waals surface area contributed by atoms with Crippen LogP contribution in [0.15, 0.2) is 24.3 Å². The van der Waals surface area contributed by atoms with Crippen LogP contribution in [-0.2, 0) is 16.1 Å². The van der Waals surface area contributed by atoms with Gasteiger partial charge in [-0.3, -0.25) is 0 Å². The predicted octanol–water partition coefficient (Wildman–Crippen LogP) is 2.50. The summed E-state index contributed by atoms with van der Waals surface area (Å²) in [7, 11) is 1.40. The molecule has 0 heterocycles. The molecule has 1 aliphatic carbocycles. The highest BCUT2D eigenvalue weighted by Gasteiger charge is 2.31. The van der Waals surface area contributed by atoms with E-state index in [0.29, 0.717) is 11.6 Å². The van der Waals surface area contributed by atoms with Crippen molar-refractivity contribution in [1.29, 1.82) is 0 Å². The molecule has 1 saturated carbocycles. The number of halogens is 1. The number of carbonyl (C=O) groups is 2. The quantitative estimate of drug-likeness (QED) is 0.799. The van der Waals surface area contributed by atoms with E-state index in [1.165, 1.54) is 7.11 Å². The number of nitrogens with zero attached hydrogens (tertiary/aromatic N) is 1. The summed E-state index contributed by atoms with van der Waals surface area (Å²) in [6.45, 7) is 0.355. The van der Waals surface area contributed by atoms with E-state index in [9.17, 15) is 9.59 Å². The van der Waals surface area contributed by atoms with Crippen molar-refractivity contribution in [2.75, 3.05) is 13.7 Å². The van der Waals surface area contributed by atoms with Gasteiger partial charge < -0.3 is 20.1 Å². The first-order valence-electron chi connectivity index (χ1n) is 7.54. The Morgan fingerprint density at radius 2 is 2.04 bits per heavy atom. The van der Waals surface area contributed by atoms with Gasteiger partial charge in [-0.2, -0.15) is 0 Å². The number of nitrogens with one attached hydrogen (secondary N) is 1. The third-order valence-electron chi connectivity index (χ3n) is 3.97. The summed E-state index contributed by atoms with van der Waals surface area (Å²) in [5.41, 5.74) is 0.954. The monoisotopic (exact) mass is 340 g/mol. The second kappa shape index (κ2) is 8.17. The minimum atomic E-state index is -1.11. The third-order valence-corrected chi connectivity index (χ3v) is 4.22. The first kappa shape index (κ1) is 17.6. The minimum absolute atomic E-state index is 0.0689. The summed E-state index contributed by atoms with van der Waals surface area (Å²) in [5, 5.41) is 12.3. The number of hydrogen-bond acceptors (Lipinski definition) is 3. The number of carboxylic acid groups (broad SMARTS) is 1. The van der Waals surface area contributed by atoms with Gasteiger partial charge in [0.15, 0.2) is 6.04 Å². The van der Waals surface area contributed by atoms with Crippen LogP contribution < -0.4 is 5.32 Å². The molecule has 1 aromatic rings. The molecule has 6 nitrogen and oxygen atoms in total. The summed E-state index contributed by atoms with van der Waals surface area (Å²) in [6, 6.07) is 5.99. The van der Waals surface area contributed by atoms with Crippen molar-refractivity contribution in [3.05, 3.63) is 34.9 Å². The van der Waals surface area contributed by atoms with Crippen LogP contribution in [0.2, 0.25) is 5.02 Å². The molecular formula is C16H21ClN2O4. The number of carboxylic acids is 1. The highest BCUT2D eigenvalue weighted by atomic mass is 35.5. The Morgan fingerprint density at radius 3 is 2.52 bits per heavy atom. The molecule has 0 bridgehead atoms. The van der Waals surface area contributed by atoms with Gasteiger partial charge in [0.05, 0.1) is 6.61 Å². The zero-order valence-electron chi connectivity index (χ0n) is 13.0. The molecule has 1 aromatic carbocycles. The number of urea groups is 1. The topological polar surface area (TPSA) is 78.9 Å². The van der Waals surface area contributed by atoms with E-state index in [0.717, 1.165) is 24.8 Å². The van der Waals surface area contributed by atoms with Crippen LogP contribution in [0.25, 0.3) is 0 Å². The van der Waals surface area contributed by atoms with Gasteiger partial charge in [0.1, 0.15) is 0 Å². The maximum atomic E-state index is 12.5. The minimum Gasteiger partial charge on any atom is -0.480 e. The number of ether oxygens (including phenoxy) is 1. The Bertz CT molecular complexity index is 546. The number of amides is 2. The average molecular weight is 341 g/mol. The summed E-state index contributed by atoms with van der Waals surface area (Å²) in [5.74, 6) is -1.11. The lowest BCUT2D eigenvalue weighted by atomic mass is 9.91. The maximum absolute atomic E-state index is 12.5. The lowest BCUT2D eigenvalue weighted by Gasteiger charge is -2.38. The molecule has 0 aliphatic heterocycles. The van der Waals surface area contributed by atoms with E-state index in [-0.39, 0.29) is 18.7 Å². The molecule has 1 fully saturated rings. The summed E-state index contributed by atoms with van der Waals surface area (Å²) < 4.78 is 4.85. The smallest absolute Gasteiger partial charge is 0.328 e. The normalized spacial score (nSPS) is 15.6. The molecule has 0 saturated heterocycles. The van der Waals surface area contributed by atoms with Crippen LogP contribution in [0.5, 0.6) is 0 Å². The fourth-order valence-electron chi connectivity index (χ4n) is 2.42. The highest BCUT2D eigenvalue weighted by molar-refractivity contribution is 6.30. The zero-order chi connectivity index (χ0) is 16.8. The summed E-state index contributed by atoms with van der Waals surface area (Å²) >= 11 is 5.88. The second-order valence-electron chi connectivity index (χ2n) is 5.63.